The average Bonchev–Trinajstić information content (AvgIpc) is 3.00. The molecule has 1 aromatic rings. The Labute approximate surface area is 177 Å². The smallest absolute Gasteiger partial charge is 0.230 e. The van der Waals surface area contributed by atoms with Gasteiger partial charge in [0.15, 0.2) is 5.12 Å². The van der Waals surface area contributed by atoms with Crippen LogP contribution in [-0.4, -0.2) is 11.0 Å². The molecule has 1 saturated carbocycles. The number of hydrogen-bond acceptors (Lipinski definition) is 3. The summed E-state index contributed by atoms with van der Waals surface area (Å²) in [6, 6.07) is 3.32. The average molecular weight is 430 g/mol. The summed E-state index contributed by atoms with van der Waals surface area (Å²) in [5, 5.41) is 3.81. The van der Waals surface area contributed by atoms with Crippen molar-refractivity contribution in [2.75, 3.05) is 5.32 Å². The minimum atomic E-state index is -0.498. The predicted molar refractivity (Wildman–Crippen MR) is 116 cm³/mol. The van der Waals surface area contributed by atoms with Gasteiger partial charge in [-0.25, -0.2) is 0 Å². The minimum absolute atomic E-state index is 0.00847. The number of halogens is 2. The molecule has 0 radical (unpaired) electrons. The fourth-order valence-corrected chi connectivity index (χ4v) is 4.87. The van der Waals surface area contributed by atoms with Gasteiger partial charge < -0.3 is 5.32 Å². The van der Waals surface area contributed by atoms with E-state index in [0.29, 0.717) is 26.5 Å². The van der Waals surface area contributed by atoms with Crippen molar-refractivity contribution in [1.82, 2.24) is 0 Å². The van der Waals surface area contributed by atoms with Crippen LogP contribution in [0.25, 0.3) is 0 Å². The number of rotatable bonds is 5. The zero-order valence-corrected chi connectivity index (χ0v) is 19.1. The van der Waals surface area contributed by atoms with Crippen molar-refractivity contribution in [3.8, 4) is 0 Å². The summed E-state index contributed by atoms with van der Waals surface area (Å²) in [7, 11) is 0. The Morgan fingerprint density at radius 1 is 1.15 bits per heavy atom. The van der Waals surface area contributed by atoms with Gasteiger partial charge in [0.2, 0.25) is 5.91 Å². The Morgan fingerprint density at radius 3 is 2.22 bits per heavy atom. The Hall–Kier alpha value is -0.710. The maximum absolute atomic E-state index is 13.2. The van der Waals surface area contributed by atoms with Crippen molar-refractivity contribution in [2.45, 2.75) is 71.6 Å². The number of amides is 1. The lowest BCUT2D eigenvalue weighted by molar-refractivity contribution is -0.126. The van der Waals surface area contributed by atoms with E-state index in [9.17, 15) is 9.59 Å². The predicted octanol–water partition coefficient (Wildman–Crippen LogP) is 7.20. The van der Waals surface area contributed by atoms with Crippen LogP contribution in [0.15, 0.2) is 17.0 Å². The molecule has 0 aliphatic heterocycles. The highest BCUT2D eigenvalue weighted by Gasteiger charge is 2.41. The van der Waals surface area contributed by atoms with Crippen molar-refractivity contribution in [3.05, 3.63) is 22.2 Å². The molecule has 1 aromatic carbocycles. The van der Waals surface area contributed by atoms with Crippen LogP contribution < -0.4 is 5.32 Å². The molecule has 1 aliphatic carbocycles. The van der Waals surface area contributed by atoms with E-state index in [2.05, 4.69) is 19.2 Å². The molecular formula is C21H29Cl2NO2S. The van der Waals surface area contributed by atoms with E-state index in [-0.39, 0.29) is 16.4 Å². The zero-order valence-electron chi connectivity index (χ0n) is 16.7. The molecule has 1 amide bonds. The van der Waals surface area contributed by atoms with Crippen LogP contribution in [0.4, 0.5) is 5.69 Å². The maximum atomic E-state index is 13.2. The fraction of sp³-hybridized carbons (Fsp3) is 0.619. The molecule has 27 heavy (non-hydrogen) atoms. The standard InChI is InChI=1S/C21H29Cl2NO2S/c1-13(2)12-21(8-6-7-9-21)18(25)24-16-10-14(22)15(23)11-17(16)27-19(26)20(3,4)5/h10-11,13H,6-9,12H2,1-5H3,(H,24,25). The molecule has 0 saturated heterocycles. The summed E-state index contributed by atoms with van der Waals surface area (Å²) in [6.07, 6.45) is 4.82. The topological polar surface area (TPSA) is 46.2 Å². The van der Waals surface area contributed by atoms with Gasteiger partial charge in [-0.1, -0.05) is 70.7 Å². The van der Waals surface area contributed by atoms with E-state index in [1.807, 2.05) is 20.8 Å². The van der Waals surface area contributed by atoms with Crippen LogP contribution in [0.3, 0.4) is 0 Å². The second-order valence-corrected chi connectivity index (χ2v) is 10.8. The highest BCUT2D eigenvalue weighted by molar-refractivity contribution is 8.13. The first-order valence-corrected chi connectivity index (χ1v) is 11.0. The van der Waals surface area contributed by atoms with Gasteiger partial charge in [-0.05, 0) is 49.1 Å². The van der Waals surface area contributed by atoms with Crippen molar-refractivity contribution >= 4 is 51.7 Å². The number of nitrogens with one attached hydrogen (secondary N) is 1. The van der Waals surface area contributed by atoms with E-state index in [1.165, 1.54) is 0 Å². The molecule has 0 bridgehead atoms. The number of anilines is 1. The number of benzene rings is 1. The van der Waals surface area contributed by atoms with E-state index in [1.54, 1.807) is 12.1 Å². The summed E-state index contributed by atoms with van der Waals surface area (Å²) in [5.74, 6) is 0.469. The number of hydrogen-bond donors (Lipinski definition) is 1. The Bertz CT molecular complexity index is 720. The minimum Gasteiger partial charge on any atom is -0.325 e. The highest BCUT2D eigenvalue weighted by atomic mass is 35.5. The van der Waals surface area contributed by atoms with Gasteiger partial charge in [0, 0.05) is 15.7 Å². The second-order valence-electron chi connectivity index (χ2n) is 8.94. The number of carbonyl (C=O) groups is 2. The molecular weight excluding hydrogens is 401 g/mol. The van der Waals surface area contributed by atoms with Crippen LogP contribution in [0, 0.1) is 16.7 Å². The maximum Gasteiger partial charge on any atom is 0.230 e. The summed E-state index contributed by atoms with van der Waals surface area (Å²) >= 11 is 13.5. The molecule has 1 N–H and O–H groups in total. The van der Waals surface area contributed by atoms with Gasteiger partial charge in [-0.2, -0.15) is 0 Å². The summed E-state index contributed by atoms with van der Waals surface area (Å²) in [5.41, 5.74) is -0.273. The molecule has 0 heterocycles. The lowest BCUT2D eigenvalue weighted by atomic mass is 9.77. The molecule has 2 rings (SSSR count). The molecule has 0 aromatic heterocycles. The summed E-state index contributed by atoms with van der Waals surface area (Å²) < 4.78 is 0. The van der Waals surface area contributed by atoms with Crippen molar-refractivity contribution in [2.24, 2.45) is 16.7 Å². The van der Waals surface area contributed by atoms with Crippen molar-refractivity contribution < 1.29 is 9.59 Å². The van der Waals surface area contributed by atoms with Crippen LogP contribution in [0.2, 0.25) is 10.0 Å². The van der Waals surface area contributed by atoms with E-state index in [4.69, 9.17) is 23.2 Å². The quantitative estimate of drug-likeness (QED) is 0.502. The monoisotopic (exact) mass is 429 g/mol. The SMILES string of the molecule is CC(C)CC1(C(=O)Nc2cc(Cl)c(Cl)cc2SC(=O)C(C)(C)C)CCCC1. The highest BCUT2D eigenvalue weighted by Crippen LogP contribution is 2.45. The third kappa shape index (κ3) is 5.65. The van der Waals surface area contributed by atoms with Crippen LogP contribution in [0.5, 0.6) is 0 Å². The van der Waals surface area contributed by atoms with Crippen molar-refractivity contribution in [1.29, 1.82) is 0 Å². The largest absolute Gasteiger partial charge is 0.325 e. The lowest BCUT2D eigenvalue weighted by Crippen LogP contribution is -2.35. The first kappa shape index (κ1) is 22.6. The fourth-order valence-electron chi connectivity index (χ4n) is 3.58. The summed E-state index contributed by atoms with van der Waals surface area (Å²) in [4.78, 5) is 26.4. The first-order valence-electron chi connectivity index (χ1n) is 9.47. The molecule has 6 heteroatoms. The lowest BCUT2D eigenvalue weighted by Gasteiger charge is -2.30. The van der Waals surface area contributed by atoms with Crippen LogP contribution in [-0.2, 0) is 9.59 Å². The van der Waals surface area contributed by atoms with Gasteiger partial charge in [-0.15, -0.1) is 0 Å². The molecule has 0 unspecified atom stereocenters. The van der Waals surface area contributed by atoms with E-state index in [0.717, 1.165) is 43.9 Å². The Morgan fingerprint density at radius 2 is 1.70 bits per heavy atom. The molecule has 0 atom stereocenters. The van der Waals surface area contributed by atoms with Gasteiger partial charge in [0.1, 0.15) is 0 Å². The molecule has 0 spiro atoms. The van der Waals surface area contributed by atoms with Gasteiger partial charge in [0.25, 0.3) is 0 Å². The third-order valence-electron chi connectivity index (χ3n) is 4.93. The Kier molecular flexibility index (Phi) is 7.32. The van der Waals surface area contributed by atoms with Gasteiger partial charge >= 0.3 is 0 Å². The van der Waals surface area contributed by atoms with E-state index < -0.39 is 5.41 Å². The van der Waals surface area contributed by atoms with Crippen LogP contribution in [0.1, 0.15) is 66.7 Å². The van der Waals surface area contributed by atoms with Crippen LogP contribution >= 0.6 is 35.0 Å². The third-order valence-corrected chi connectivity index (χ3v) is 7.00. The normalized spacial score (nSPS) is 16.6. The second kappa shape index (κ2) is 8.75. The molecule has 1 aliphatic rings. The molecule has 3 nitrogen and oxygen atoms in total. The number of carbonyl (C=O) groups excluding carboxylic acids is 2. The van der Waals surface area contributed by atoms with E-state index >= 15 is 0 Å². The number of thioether (sulfide) groups is 1. The van der Waals surface area contributed by atoms with Gasteiger partial charge in [0.05, 0.1) is 15.7 Å². The molecule has 1 fully saturated rings. The molecule has 150 valence electrons. The van der Waals surface area contributed by atoms with Crippen molar-refractivity contribution in [3.63, 3.8) is 0 Å². The Balaban J connectivity index is 2.32. The summed E-state index contributed by atoms with van der Waals surface area (Å²) in [6.45, 7) is 9.91. The first-order chi connectivity index (χ1) is 12.4. The van der Waals surface area contributed by atoms with Gasteiger partial charge in [-0.3, -0.25) is 9.59 Å². The zero-order chi connectivity index (χ0) is 20.4.